The van der Waals surface area contributed by atoms with Crippen LogP contribution in [0.25, 0.3) is 0 Å². The molecule has 233 valence electrons. The largest absolute Gasteiger partial charge is 0.707 e. The van der Waals surface area contributed by atoms with Crippen LogP contribution >= 0.6 is 46.4 Å². The summed E-state index contributed by atoms with van der Waals surface area (Å²) in [7, 11) is -7.30. The van der Waals surface area contributed by atoms with E-state index in [-0.39, 0.29) is 74.4 Å². The zero-order valence-electron chi connectivity index (χ0n) is 23.3. The number of rotatable bonds is 8. The fourth-order valence-corrected chi connectivity index (χ4v) is 3.34. The van der Waals surface area contributed by atoms with Crippen molar-refractivity contribution in [1.29, 1.82) is 0 Å². The summed E-state index contributed by atoms with van der Waals surface area (Å²) < 4.78 is 18.1. The molecule has 0 fully saturated rings. The molecule has 4 aromatic rings. The molecule has 21 heteroatoms. The molecular formula is C24H24B4Cl4KO12. The smallest absolute Gasteiger partial charge is 0.511 e. The van der Waals surface area contributed by atoms with Gasteiger partial charge in [-0.05, 0) is 48.5 Å². The Labute approximate surface area is 322 Å². The summed E-state index contributed by atoms with van der Waals surface area (Å²) in [5.74, 6) is 1.02. The molecule has 0 aliphatic rings. The summed E-state index contributed by atoms with van der Waals surface area (Å²) in [4.78, 5) is 0. The van der Waals surface area contributed by atoms with Gasteiger partial charge in [-0.25, -0.2) is 0 Å². The molecule has 4 aromatic carbocycles. The number of hydrogen-bond donors (Lipinski definition) is 8. The van der Waals surface area contributed by atoms with Gasteiger partial charge in [-0.15, -0.1) is 0 Å². The second-order valence-electron chi connectivity index (χ2n) is 7.50. The van der Waals surface area contributed by atoms with Gasteiger partial charge < -0.3 is 58.8 Å². The van der Waals surface area contributed by atoms with Crippen LogP contribution in [0.3, 0.4) is 0 Å². The third kappa shape index (κ3) is 20.6. The van der Waals surface area contributed by atoms with Gasteiger partial charge in [0.05, 0.1) is 20.1 Å². The Morgan fingerprint density at radius 1 is 0.333 bits per heavy atom. The van der Waals surface area contributed by atoms with E-state index in [0.29, 0.717) is 20.1 Å². The van der Waals surface area contributed by atoms with E-state index in [1.165, 1.54) is 0 Å². The summed E-state index contributed by atoms with van der Waals surface area (Å²) >= 11 is 22.5. The molecule has 0 bridgehead atoms. The summed E-state index contributed by atoms with van der Waals surface area (Å²) in [6, 6.07) is 26.2. The van der Waals surface area contributed by atoms with Crippen molar-refractivity contribution < 1.29 is 58.8 Å². The van der Waals surface area contributed by atoms with Gasteiger partial charge in [0.1, 0.15) is 23.0 Å². The van der Waals surface area contributed by atoms with Crippen molar-refractivity contribution in [3.8, 4) is 23.0 Å². The third-order valence-corrected chi connectivity index (χ3v) is 5.53. The van der Waals surface area contributed by atoms with Gasteiger partial charge in [0, 0.05) is 51.4 Å². The van der Waals surface area contributed by atoms with Crippen LogP contribution in [-0.4, -0.2) is 121 Å². The van der Waals surface area contributed by atoms with Crippen molar-refractivity contribution in [3.05, 3.63) is 117 Å². The Kier molecular flexibility index (Phi) is 24.3. The maximum Gasteiger partial charge on any atom is 0.707 e. The van der Waals surface area contributed by atoms with Gasteiger partial charge in [-0.1, -0.05) is 94.9 Å². The molecular weight excluding hydrogens is 704 g/mol. The summed E-state index contributed by atoms with van der Waals surface area (Å²) in [6.45, 7) is 0. The molecule has 0 saturated carbocycles. The van der Waals surface area contributed by atoms with Crippen molar-refractivity contribution >= 4 is 127 Å². The van der Waals surface area contributed by atoms with Gasteiger partial charge >= 0.3 is 29.3 Å². The van der Waals surface area contributed by atoms with Crippen molar-refractivity contribution in [1.82, 2.24) is 0 Å². The first-order chi connectivity index (χ1) is 20.8. The fourth-order valence-electron chi connectivity index (χ4n) is 2.62. The first-order valence-electron chi connectivity index (χ1n) is 11.9. The average Bonchev–Trinajstić information content (AvgIpc) is 2.94. The van der Waals surface area contributed by atoms with Crippen LogP contribution in [0.15, 0.2) is 97.1 Å². The minimum Gasteiger partial charge on any atom is -0.511 e. The fraction of sp³-hybridized carbons (Fsp3) is 0. The zero-order chi connectivity index (χ0) is 33.1. The number of halogens is 4. The monoisotopic (exact) mass is 727 g/mol. The Hall–Kier alpha value is -1.18. The summed E-state index contributed by atoms with van der Waals surface area (Å²) in [6.07, 6.45) is 0. The molecule has 0 amide bonds. The van der Waals surface area contributed by atoms with Gasteiger partial charge in [0.25, 0.3) is 0 Å². The molecule has 45 heavy (non-hydrogen) atoms. The minimum absolute atomic E-state index is 0. The minimum atomic E-state index is -1.82. The SMILES string of the molecule is OB(O)Oc1ccccc1Cl.OB(O)Oc1ccccc1Cl.OB(O)Oc1ccccc1Cl.OB(O)Oc1ccccc1Cl.[K]. The molecule has 1 radical (unpaired) electrons. The predicted octanol–water partition coefficient (Wildman–Crippen LogP) is 2.37. The van der Waals surface area contributed by atoms with E-state index in [9.17, 15) is 0 Å². The van der Waals surface area contributed by atoms with Crippen LogP contribution in [0.1, 0.15) is 0 Å². The van der Waals surface area contributed by atoms with E-state index in [1.54, 1.807) is 97.1 Å². The van der Waals surface area contributed by atoms with E-state index in [4.69, 9.17) is 86.6 Å². The molecule has 0 aliphatic heterocycles. The molecule has 0 aromatic heterocycles. The molecule has 8 N–H and O–H groups in total. The Bertz CT molecular complexity index is 1180. The van der Waals surface area contributed by atoms with E-state index in [2.05, 4.69) is 18.6 Å². The summed E-state index contributed by atoms with van der Waals surface area (Å²) in [5.41, 5.74) is 0. The van der Waals surface area contributed by atoms with Crippen LogP contribution in [0.2, 0.25) is 20.1 Å². The van der Waals surface area contributed by atoms with Crippen LogP contribution in [0, 0.1) is 0 Å². The molecule has 0 atom stereocenters. The standard InChI is InChI=1S/4C6H6BClO3.K/c4*8-5-3-1-2-4-6(5)11-7(9)10;/h4*1-4,9-10H;. The van der Waals surface area contributed by atoms with E-state index in [1.807, 2.05) is 0 Å². The third-order valence-electron chi connectivity index (χ3n) is 4.28. The van der Waals surface area contributed by atoms with Gasteiger partial charge in [0.2, 0.25) is 0 Å². The van der Waals surface area contributed by atoms with Crippen molar-refractivity contribution in [3.63, 3.8) is 0 Å². The maximum atomic E-state index is 8.40. The first-order valence-corrected chi connectivity index (χ1v) is 13.4. The van der Waals surface area contributed by atoms with Crippen LogP contribution < -0.4 is 18.6 Å². The maximum absolute atomic E-state index is 8.40. The van der Waals surface area contributed by atoms with Crippen molar-refractivity contribution in [2.45, 2.75) is 0 Å². The normalized spacial score (nSPS) is 9.16. The summed E-state index contributed by atoms with van der Waals surface area (Å²) in [5, 5.41) is 68.6. The first kappa shape index (κ1) is 43.8. The Morgan fingerprint density at radius 2 is 0.489 bits per heavy atom. The van der Waals surface area contributed by atoms with E-state index >= 15 is 0 Å². The van der Waals surface area contributed by atoms with Crippen LogP contribution in [0.5, 0.6) is 23.0 Å². The van der Waals surface area contributed by atoms with Crippen molar-refractivity contribution in [2.75, 3.05) is 0 Å². The van der Waals surface area contributed by atoms with Crippen molar-refractivity contribution in [2.24, 2.45) is 0 Å². The molecule has 0 heterocycles. The molecule has 0 spiro atoms. The number of para-hydroxylation sites is 4. The molecule has 12 nitrogen and oxygen atoms in total. The predicted molar refractivity (Wildman–Crippen MR) is 175 cm³/mol. The van der Waals surface area contributed by atoms with Crippen LogP contribution in [-0.2, 0) is 0 Å². The Balaban J connectivity index is 0.000000569. The second-order valence-corrected chi connectivity index (χ2v) is 9.13. The Morgan fingerprint density at radius 3 is 0.622 bits per heavy atom. The second kappa shape index (κ2) is 24.9. The molecule has 0 unspecified atom stereocenters. The van der Waals surface area contributed by atoms with E-state index < -0.39 is 29.3 Å². The number of benzene rings is 4. The average molecular weight is 729 g/mol. The van der Waals surface area contributed by atoms with Crippen LogP contribution in [0.4, 0.5) is 0 Å². The topological polar surface area (TPSA) is 199 Å². The molecule has 0 aliphatic carbocycles. The van der Waals surface area contributed by atoms with Gasteiger partial charge in [-0.2, -0.15) is 0 Å². The number of hydrogen-bond acceptors (Lipinski definition) is 12. The van der Waals surface area contributed by atoms with Gasteiger partial charge in [-0.3, -0.25) is 0 Å². The molecule has 4 rings (SSSR count). The van der Waals surface area contributed by atoms with Gasteiger partial charge in [0.15, 0.2) is 0 Å². The van der Waals surface area contributed by atoms with E-state index in [0.717, 1.165) is 0 Å². The zero-order valence-corrected chi connectivity index (χ0v) is 29.4. The quantitative estimate of drug-likeness (QED) is 0.124. The molecule has 0 saturated heterocycles.